The average Bonchev–Trinajstić information content (AvgIpc) is 3.25. The van der Waals surface area contributed by atoms with E-state index in [2.05, 4.69) is 22.0 Å². The first-order valence-corrected chi connectivity index (χ1v) is 12.4. The summed E-state index contributed by atoms with van der Waals surface area (Å²) in [6, 6.07) is 25.3. The third-order valence-electron chi connectivity index (χ3n) is 5.85. The number of hydrogen-bond donors (Lipinski definition) is 1. The molecule has 0 saturated carbocycles. The Morgan fingerprint density at radius 3 is 2.37 bits per heavy atom. The van der Waals surface area contributed by atoms with Crippen molar-refractivity contribution in [2.45, 2.75) is 39.2 Å². The van der Waals surface area contributed by atoms with Gasteiger partial charge in [0.25, 0.3) is 5.91 Å². The van der Waals surface area contributed by atoms with E-state index in [9.17, 15) is 4.79 Å². The molecule has 1 amide bonds. The number of amides is 1. The summed E-state index contributed by atoms with van der Waals surface area (Å²) in [6.07, 6.45) is 3.86. The van der Waals surface area contributed by atoms with Gasteiger partial charge in [-0.15, -0.1) is 0 Å². The molecule has 0 atom stereocenters. The van der Waals surface area contributed by atoms with Gasteiger partial charge in [0.2, 0.25) is 0 Å². The molecule has 0 aliphatic rings. The summed E-state index contributed by atoms with van der Waals surface area (Å²) in [4.78, 5) is 17.0. The molecule has 1 heterocycles. The van der Waals surface area contributed by atoms with Crippen LogP contribution in [0.15, 0.2) is 78.9 Å². The minimum Gasteiger partial charge on any atom is -0.490 e. The van der Waals surface area contributed by atoms with Crippen LogP contribution in [0.3, 0.4) is 0 Å². The highest BCUT2D eigenvalue weighted by Crippen LogP contribution is 2.26. The van der Waals surface area contributed by atoms with Crippen LogP contribution in [0.5, 0.6) is 11.5 Å². The van der Waals surface area contributed by atoms with E-state index < -0.39 is 0 Å². The lowest BCUT2D eigenvalue weighted by Gasteiger charge is -2.13. The van der Waals surface area contributed by atoms with Gasteiger partial charge in [-0.25, -0.2) is 4.98 Å². The second-order valence-corrected chi connectivity index (χ2v) is 8.33. The summed E-state index contributed by atoms with van der Waals surface area (Å²) in [7, 11) is 0. The smallest absolute Gasteiger partial charge is 0.251 e. The van der Waals surface area contributed by atoms with Gasteiger partial charge in [-0.05, 0) is 56.2 Å². The normalized spacial score (nSPS) is 10.9. The fourth-order valence-corrected chi connectivity index (χ4v) is 4.14. The van der Waals surface area contributed by atoms with Crippen molar-refractivity contribution in [2.75, 3.05) is 19.8 Å². The van der Waals surface area contributed by atoms with Crippen LogP contribution < -0.4 is 14.8 Å². The SMILES string of the molecule is CCOc1ccccc1OCCn1c(CCCCCNC(=O)c2ccccc2)nc2ccccc21. The van der Waals surface area contributed by atoms with E-state index in [0.717, 1.165) is 54.0 Å². The molecule has 4 rings (SSSR count). The van der Waals surface area contributed by atoms with E-state index in [0.29, 0.717) is 31.9 Å². The van der Waals surface area contributed by atoms with Gasteiger partial charge >= 0.3 is 0 Å². The Hall–Kier alpha value is -3.80. The molecule has 0 fully saturated rings. The van der Waals surface area contributed by atoms with Gasteiger partial charge < -0.3 is 19.4 Å². The molecule has 1 aromatic heterocycles. The first-order chi connectivity index (χ1) is 17.3. The van der Waals surface area contributed by atoms with Gasteiger partial charge in [0, 0.05) is 18.5 Å². The van der Waals surface area contributed by atoms with Crippen LogP contribution in [0.4, 0.5) is 0 Å². The molecule has 1 N–H and O–H groups in total. The molecular formula is C29H33N3O3. The van der Waals surface area contributed by atoms with Crippen LogP contribution in [0, 0.1) is 0 Å². The molecule has 3 aromatic carbocycles. The number of nitrogens with one attached hydrogen (secondary N) is 1. The van der Waals surface area contributed by atoms with Gasteiger partial charge in [0.05, 0.1) is 24.2 Å². The van der Waals surface area contributed by atoms with Gasteiger partial charge in [-0.2, -0.15) is 0 Å². The summed E-state index contributed by atoms with van der Waals surface area (Å²) >= 11 is 0. The van der Waals surface area contributed by atoms with Crippen molar-refractivity contribution in [1.29, 1.82) is 0 Å². The van der Waals surface area contributed by atoms with E-state index >= 15 is 0 Å². The van der Waals surface area contributed by atoms with Crippen LogP contribution in [-0.4, -0.2) is 35.2 Å². The summed E-state index contributed by atoms with van der Waals surface area (Å²) < 4.78 is 14.0. The van der Waals surface area contributed by atoms with Crippen molar-refractivity contribution >= 4 is 16.9 Å². The number of unbranched alkanes of at least 4 members (excludes halogenated alkanes) is 2. The van der Waals surface area contributed by atoms with Crippen molar-refractivity contribution in [3.63, 3.8) is 0 Å². The Balaban J connectivity index is 1.29. The fourth-order valence-electron chi connectivity index (χ4n) is 4.14. The van der Waals surface area contributed by atoms with Crippen LogP contribution in [-0.2, 0) is 13.0 Å². The van der Waals surface area contributed by atoms with Crippen molar-refractivity contribution in [3.8, 4) is 11.5 Å². The number of para-hydroxylation sites is 4. The highest BCUT2D eigenvalue weighted by atomic mass is 16.5. The Labute approximate surface area is 206 Å². The minimum atomic E-state index is -0.0155. The molecule has 182 valence electrons. The highest BCUT2D eigenvalue weighted by Gasteiger charge is 2.11. The first-order valence-electron chi connectivity index (χ1n) is 12.4. The number of ether oxygens (including phenoxy) is 2. The van der Waals surface area contributed by atoms with E-state index in [1.165, 1.54) is 0 Å². The molecule has 0 spiro atoms. The zero-order chi connectivity index (χ0) is 24.3. The maximum absolute atomic E-state index is 12.2. The largest absolute Gasteiger partial charge is 0.490 e. The number of carbonyl (C=O) groups is 1. The van der Waals surface area contributed by atoms with Gasteiger partial charge in [0.15, 0.2) is 11.5 Å². The second kappa shape index (κ2) is 12.6. The lowest BCUT2D eigenvalue weighted by atomic mass is 10.1. The maximum atomic E-state index is 12.2. The minimum absolute atomic E-state index is 0.0155. The fraction of sp³-hybridized carbons (Fsp3) is 0.310. The Morgan fingerprint density at radius 2 is 1.57 bits per heavy atom. The number of aromatic nitrogens is 2. The molecule has 0 aliphatic carbocycles. The van der Waals surface area contributed by atoms with E-state index in [-0.39, 0.29) is 5.91 Å². The summed E-state index contributed by atoms with van der Waals surface area (Å²) in [5.41, 5.74) is 2.83. The van der Waals surface area contributed by atoms with Crippen molar-refractivity contribution in [3.05, 3.63) is 90.3 Å². The highest BCUT2D eigenvalue weighted by molar-refractivity contribution is 5.94. The van der Waals surface area contributed by atoms with Gasteiger partial charge in [-0.1, -0.05) is 48.9 Å². The van der Waals surface area contributed by atoms with E-state index in [1.54, 1.807) is 0 Å². The molecule has 6 nitrogen and oxygen atoms in total. The van der Waals surface area contributed by atoms with Crippen LogP contribution in [0.2, 0.25) is 0 Å². The average molecular weight is 472 g/mol. The third-order valence-corrected chi connectivity index (χ3v) is 5.85. The molecule has 35 heavy (non-hydrogen) atoms. The predicted molar refractivity (Wildman–Crippen MR) is 139 cm³/mol. The third kappa shape index (κ3) is 6.63. The number of fused-ring (bicyclic) bond motifs is 1. The Morgan fingerprint density at radius 1 is 0.857 bits per heavy atom. The predicted octanol–water partition coefficient (Wildman–Crippen LogP) is 5.66. The number of hydrogen-bond acceptors (Lipinski definition) is 4. The molecule has 0 bridgehead atoms. The lowest BCUT2D eigenvalue weighted by molar-refractivity contribution is 0.0953. The van der Waals surface area contributed by atoms with Crippen molar-refractivity contribution in [2.24, 2.45) is 0 Å². The molecule has 0 aliphatic heterocycles. The quantitative estimate of drug-likeness (QED) is 0.256. The van der Waals surface area contributed by atoms with Gasteiger partial charge in [0.1, 0.15) is 12.4 Å². The zero-order valence-corrected chi connectivity index (χ0v) is 20.3. The number of aryl methyl sites for hydroxylation is 1. The molecule has 0 unspecified atom stereocenters. The number of benzene rings is 3. The van der Waals surface area contributed by atoms with Crippen LogP contribution >= 0.6 is 0 Å². The molecule has 4 aromatic rings. The topological polar surface area (TPSA) is 65.4 Å². The number of nitrogens with zero attached hydrogens (tertiary/aromatic N) is 2. The monoisotopic (exact) mass is 471 g/mol. The first kappa shape index (κ1) is 24.3. The zero-order valence-electron chi connectivity index (χ0n) is 20.3. The number of rotatable bonds is 13. The van der Waals surface area contributed by atoms with Crippen molar-refractivity contribution in [1.82, 2.24) is 14.9 Å². The van der Waals surface area contributed by atoms with Crippen molar-refractivity contribution < 1.29 is 14.3 Å². The lowest BCUT2D eigenvalue weighted by Crippen LogP contribution is -2.24. The van der Waals surface area contributed by atoms with Crippen LogP contribution in [0.25, 0.3) is 11.0 Å². The standard InChI is InChI=1S/C29H33N3O3/c1-2-34-26-17-10-11-18-27(26)35-22-21-32-25-16-9-8-15-24(25)31-28(32)19-7-4-12-20-30-29(33)23-13-5-3-6-14-23/h3,5-6,8-11,13-18H,2,4,7,12,19-22H2,1H3,(H,30,33). The Kier molecular flexibility index (Phi) is 8.76. The molecule has 6 heteroatoms. The number of imidazole rings is 1. The van der Waals surface area contributed by atoms with Crippen LogP contribution in [0.1, 0.15) is 42.4 Å². The van der Waals surface area contributed by atoms with E-state index in [1.807, 2.05) is 73.7 Å². The summed E-state index contributed by atoms with van der Waals surface area (Å²) in [6.45, 7) is 4.49. The second-order valence-electron chi connectivity index (χ2n) is 8.33. The molecular weight excluding hydrogens is 438 g/mol. The molecule has 0 radical (unpaired) electrons. The maximum Gasteiger partial charge on any atom is 0.251 e. The van der Waals surface area contributed by atoms with E-state index in [4.69, 9.17) is 14.5 Å². The van der Waals surface area contributed by atoms with Gasteiger partial charge in [-0.3, -0.25) is 4.79 Å². The summed E-state index contributed by atoms with van der Waals surface area (Å²) in [5.74, 6) is 2.59. The number of carbonyl (C=O) groups excluding carboxylic acids is 1. The summed E-state index contributed by atoms with van der Waals surface area (Å²) in [5, 5.41) is 3.00. The Bertz CT molecular complexity index is 1220. The molecule has 0 saturated heterocycles.